The van der Waals surface area contributed by atoms with E-state index in [1.165, 1.54) is 5.06 Å². The van der Waals surface area contributed by atoms with Gasteiger partial charge in [0.05, 0.1) is 24.3 Å². The lowest BCUT2D eigenvalue weighted by Gasteiger charge is -2.45. The third kappa shape index (κ3) is 2.07. The first kappa shape index (κ1) is 14.0. The van der Waals surface area contributed by atoms with Crippen molar-refractivity contribution in [2.75, 3.05) is 13.2 Å². The molecule has 0 N–H and O–H groups in total. The maximum absolute atomic E-state index is 13.0. The van der Waals surface area contributed by atoms with Crippen LogP contribution in [0.4, 0.5) is 0 Å². The Balaban J connectivity index is 1.86. The Hall–Kier alpha value is -0.940. The molecule has 2 aliphatic rings. The fourth-order valence-corrected chi connectivity index (χ4v) is 3.22. The molecule has 2 saturated heterocycles. The highest BCUT2D eigenvalue weighted by atomic mass is 16.7. The summed E-state index contributed by atoms with van der Waals surface area (Å²) in [4.78, 5) is 0. The van der Waals surface area contributed by atoms with Gasteiger partial charge in [-0.2, -0.15) is 0 Å². The second-order valence-electron chi connectivity index (χ2n) is 6.64. The van der Waals surface area contributed by atoms with Crippen molar-refractivity contribution < 1.29 is 14.7 Å². The number of ether oxygens (including phenoxy) is 2. The Kier molecular flexibility index (Phi) is 3.18. The molecule has 2 fully saturated rings. The number of hydrogen-bond donors (Lipinski definition) is 0. The molecular weight excluding hydrogens is 254 g/mol. The molecule has 1 radical (unpaired) electrons. The molecular formula is C16H22NO3. The molecule has 2 aliphatic heterocycles. The molecule has 1 atom stereocenters. The highest BCUT2D eigenvalue weighted by Crippen LogP contribution is 2.48. The van der Waals surface area contributed by atoms with E-state index in [1.54, 1.807) is 0 Å². The minimum absolute atomic E-state index is 0.436. The van der Waals surface area contributed by atoms with Crippen molar-refractivity contribution in [2.45, 2.75) is 50.5 Å². The summed E-state index contributed by atoms with van der Waals surface area (Å²) in [5, 5.41) is 14.2. The van der Waals surface area contributed by atoms with Crippen molar-refractivity contribution in [1.82, 2.24) is 5.06 Å². The van der Waals surface area contributed by atoms with Crippen LogP contribution < -0.4 is 0 Å². The average molecular weight is 276 g/mol. The Morgan fingerprint density at radius 1 is 1.00 bits per heavy atom. The molecule has 1 aromatic carbocycles. The maximum Gasteiger partial charge on any atom is 0.162 e. The van der Waals surface area contributed by atoms with Gasteiger partial charge in [0.2, 0.25) is 0 Å². The first-order valence-electron chi connectivity index (χ1n) is 7.19. The molecule has 20 heavy (non-hydrogen) atoms. The van der Waals surface area contributed by atoms with E-state index in [0.717, 1.165) is 18.4 Å². The van der Waals surface area contributed by atoms with Crippen molar-refractivity contribution in [3.8, 4) is 0 Å². The topological polar surface area (TPSA) is 41.6 Å². The fraction of sp³-hybridized carbons (Fsp3) is 0.625. The summed E-state index contributed by atoms with van der Waals surface area (Å²) >= 11 is 0. The van der Waals surface area contributed by atoms with E-state index < -0.39 is 16.9 Å². The molecule has 3 rings (SSSR count). The minimum Gasteiger partial charge on any atom is -0.348 e. The summed E-state index contributed by atoms with van der Waals surface area (Å²) in [6.07, 6.45) is 1.63. The van der Waals surface area contributed by atoms with Crippen LogP contribution in [0.2, 0.25) is 0 Å². The predicted molar refractivity (Wildman–Crippen MR) is 74.3 cm³/mol. The monoisotopic (exact) mass is 276 g/mol. The van der Waals surface area contributed by atoms with Crippen molar-refractivity contribution in [3.63, 3.8) is 0 Å². The molecule has 2 heterocycles. The van der Waals surface area contributed by atoms with Gasteiger partial charge < -0.3 is 9.47 Å². The van der Waals surface area contributed by atoms with Crippen LogP contribution >= 0.6 is 0 Å². The smallest absolute Gasteiger partial charge is 0.162 e. The summed E-state index contributed by atoms with van der Waals surface area (Å²) in [7, 11) is 0. The zero-order valence-electron chi connectivity index (χ0n) is 12.4. The zero-order valence-corrected chi connectivity index (χ0v) is 12.4. The minimum atomic E-state index is -0.585. The molecule has 4 heteroatoms. The van der Waals surface area contributed by atoms with Crippen LogP contribution in [0, 0.1) is 0 Å². The van der Waals surface area contributed by atoms with Crippen molar-refractivity contribution in [1.29, 1.82) is 0 Å². The normalized spacial score (nSPS) is 32.6. The fourth-order valence-electron chi connectivity index (χ4n) is 3.22. The van der Waals surface area contributed by atoms with Gasteiger partial charge in [-0.25, -0.2) is 0 Å². The number of nitrogens with zero attached hydrogens (tertiary/aromatic N) is 1. The van der Waals surface area contributed by atoms with E-state index in [-0.39, 0.29) is 0 Å². The van der Waals surface area contributed by atoms with Crippen LogP contribution in [0.15, 0.2) is 30.3 Å². The number of rotatable bonds is 1. The highest BCUT2D eigenvalue weighted by molar-refractivity contribution is 5.26. The van der Waals surface area contributed by atoms with E-state index in [2.05, 4.69) is 0 Å². The Labute approximate surface area is 120 Å². The van der Waals surface area contributed by atoms with Gasteiger partial charge in [-0.05, 0) is 39.2 Å². The van der Waals surface area contributed by atoms with Crippen molar-refractivity contribution >= 4 is 0 Å². The SMILES string of the molecule is CC1(C)OCC2(CCC(C)(c3ccccc3)N2[O])CO1. The maximum atomic E-state index is 13.0. The Morgan fingerprint density at radius 3 is 2.20 bits per heavy atom. The van der Waals surface area contributed by atoms with E-state index in [1.807, 2.05) is 51.1 Å². The number of hydrogen-bond acceptors (Lipinski definition) is 3. The van der Waals surface area contributed by atoms with E-state index in [9.17, 15) is 5.21 Å². The van der Waals surface area contributed by atoms with Gasteiger partial charge >= 0.3 is 0 Å². The number of benzene rings is 1. The summed E-state index contributed by atoms with van der Waals surface area (Å²) in [6.45, 7) is 6.67. The number of hydroxylamine groups is 2. The molecule has 1 spiro atoms. The Bertz CT molecular complexity index is 478. The van der Waals surface area contributed by atoms with Gasteiger partial charge in [0.25, 0.3) is 0 Å². The van der Waals surface area contributed by atoms with E-state index >= 15 is 0 Å². The predicted octanol–water partition coefficient (Wildman–Crippen LogP) is 2.86. The quantitative estimate of drug-likeness (QED) is 0.792. The average Bonchev–Trinajstić information content (AvgIpc) is 2.70. The summed E-state index contributed by atoms with van der Waals surface area (Å²) in [5.41, 5.74) is 0.0342. The second kappa shape index (κ2) is 4.53. The first-order valence-corrected chi connectivity index (χ1v) is 7.19. The van der Waals surface area contributed by atoms with Gasteiger partial charge in [0.15, 0.2) is 5.79 Å². The van der Waals surface area contributed by atoms with Crippen LogP contribution in [0.25, 0.3) is 0 Å². The highest BCUT2D eigenvalue weighted by Gasteiger charge is 2.57. The third-order valence-corrected chi connectivity index (χ3v) is 4.73. The standard InChI is InChI=1S/C16H22NO3/c1-14(2)19-11-16(12-20-14)10-9-15(3,17(16)18)13-7-5-4-6-8-13/h4-8H,9-12H2,1-3H3. The third-order valence-electron chi connectivity index (χ3n) is 4.73. The lowest BCUT2D eigenvalue weighted by Crippen LogP contribution is -2.59. The molecule has 4 nitrogen and oxygen atoms in total. The Morgan fingerprint density at radius 2 is 1.60 bits per heavy atom. The lowest BCUT2D eigenvalue weighted by molar-refractivity contribution is -0.346. The van der Waals surface area contributed by atoms with Gasteiger partial charge in [0, 0.05) is 0 Å². The molecule has 1 unspecified atom stereocenters. The van der Waals surface area contributed by atoms with Crippen LogP contribution in [0.1, 0.15) is 39.2 Å². The lowest BCUT2D eigenvalue weighted by atomic mass is 9.90. The van der Waals surface area contributed by atoms with Gasteiger partial charge in [-0.1, -0.05) is 30.3 Å². The molecule has 109 valence electrons. The van der Waals surface area contributed by atoms with Crippen LogP contribution in [0.5, 0.6) is 0 Å². The van der Waals surface area contributed by atoms with Crippen LogP contribution in [-0.2, 0) is 20.2 Å². The van der Waals surface area contributed by atoms with E-state index in [4.69, 9.17) is 9.47 Å². The van der Waals surface area contributed by atoms with Crippen molar-refractivity contribution in [3.05, 3.63) is 35.9 Å². The van der Waals surface area contributed by atoms with E-state index in [0.29, 0.717) is 13.2 Å². The molecule has 0 aliphatic carbocycles. The van der Waals surface area contributed by atoms with Crippen LogP contribution in [-0.4, -0.2) is 29.6 Å². The molecule has 1 aromatic rings. The molecule has 0 amide bonds. The van der Waals surface area contributed by atoms with Crippen molar-refractivity contribution in [2.24, 2.45) is 0 Å². The first-order chi connectivity index (χ1) is 9.38. The molecule has 0 aromatic heterocycles. The summed E-state index contributed by atoms with van der Waals surface area (Å²) in [6, 6.07) is 9.99. The summed E-state index contributed by atoms with van der Waals surface area (Å²) in [5.74, 6) is -0.585. The zero-order chi connectivity index (χ0) is 14.4. The van der Waals surface area contributed by atoms with Gasteiger partial charge in [-0.15, -0.1) is 10.3 Å². The van der Waals surface area contributed by atoms with Crippen LogP contribution in [0.3, 0.4) is 0 Å². The van der Waals surface area contributed by atoms with Gasteiger partial charge in [0.1, 0.15) is 0 Å². The summed E-state index contributed by atoms with van der Waals surface area (Å²) < 4.78 is 11.5. The second-order valence-corrected chi connectivity index (χ2v) is 6.64. The molecule has 0 saturated carbocycles. The molecule has 0 bridgehead atoms. The van der Waals surface area contributed by atoms with Gasteiger partial charge in [-0.3, -0.25) is 0 Å². The largest absolute Gasteiger partial charge is 0.348 e.